The molecule has 94 valence electrons. The summed E-state index contributed by atoms with van der Waals surface area (Å²) in [5, 5.41) is 3.18. The molecule has 1 aromatic rings. The summed E-state index contributed by atoms with van der Waals surface area (Å²) in [7, 11) is 0. The molecule has 6 heteroatoms. The Bertz CT molecular complexity index is 367. The summed E-state index contributed by atoms with van der Waals surface area (Å²) in [5.74, 6) is 7.27. The van der Waals surface area contributed by atoms with Gasteiger partial charge in [-0.3, -0.25) is 5.43 Å². The first-order chi connectivity index (χ1) is 8.28. The number of hydrazine groups is 1. The molecule has 0 aliphatic heterocycles. The SMILES string of the molecule is Cc1cc(NCCOCC2CC2)nc(NN)n1. The highest BCUT2D eigenvalue weighted by molar-refractivity contribution is 5.41. The lowest BCUT2D eigenvalue weighted by Crippen LogP contribution is -2.15. The summed E-state index contributed by atoms with van der Waals surface area (Å²) in [6.07, 6.45) is 2.65. The van der Waals surface area contributed by atoms with Crippen LogP contribution in [0.15, 0.2) is 6.07 Å². The van der Waals surface area contributed by atoms with Crippen molar-refractivity contribution in [1.29, 1.82) is 0 Å². The normalized spacial score (nSPS) is 14.7. The largest absolute Gasteiger partial charge is 0.379 e. The van der Waals surface area contributed by atoms with Crippen LogP contribution in [-0.4, -0.2) is 29.7 Å². The smallest absolute Gasteiger partial charge is 0.239 e. The zero-order chi connectivity index (χ0) is 12.1. The number of anilines is 2. The van der Waals surface area contributed by atoms with Crippen LogP contribution >= 0.6 is 0 Å². The molecule has 0 radical (unpaired) electrons. The van der Waals surface area contributed by atoms with E-state index in [1.54, 1.807) is 0 Å². The van der Waals surface area contributed by atoms with Crippen LogP contribution < -0.4 is 16.6 Å². The molecule has 0 unspecified atom stereocenters. The Morgan fingerprint density at radius 2 is 2.29 bits per heavy atom. The van der Waals surface area contributed by atoms with Crippen molar-refractivity contribution in [2.75, 3.05) is 30.5 Å². The molecule has 0 saturated heterocycles. The van der Waals surface area contributed by atoms with E-state index in [4.69, 9.17) is 10.6 Å². The van der Waals surface area contributed by atoms with Crippen LogP contribution in [0, 0.1) is 12.8 Å². The lowest BCUT2D eigenvalue weighted by molar-refractivity contribution is 0.134. The Labute approximate surface area is 101 Å². The maximum absolute atomic E-state index is 5.52. The third-order valence-corrected chi connectivity index (χ3v) is 2.59. The van der Waals surface area contributed by atoms with Gasteiger partial charge in [0.1, 0.15) is 5.82 Å². The molecular formula is C11H19N5O. The van der Waals surface area contributed by atoms with E-state index in [2.05, 4.69) is 20.7 Å². The van der Waals surface area contributed by atoms with Crippen LogP contribution in [-0.2, 0) is 4.74 Å². The number of aromatic nitrogens is 2. The molecule has 1 aromatic heterocycles. The molecule has 0 aromatic carbocycles. The minimum Gasteiger partial charge on any atom is -0.379 e. The molecule has 0 spiro atoms. The van der Waals surface area contributed by atoms with Crippen molar-refractivity contribution in [1.82, 2.24) is 9.97 Å². The first-order valence-corrected chi connectivity index (χ1v) is 5.92. The zero-order valence-electron chi connectivity index (χ0n) is 10.1. The monoisotopic (exact) mass is 237 g/mol. The van der Waals surface area contributed by atoms with Crippen LogP contribution in [0.1, 0.15) is 18.5 Å². The summed E-state index contributed by atoms with van der Waals surface area (Å²) < 4.78 is 5.52. The van der Waals surface area contributed by atoms with Gasteiger partial charge in [0.25, 0.3) is 0 Å². The topological polar surface area (TPSA) is 85.1 Å². The van der Waals surface area contributed by atoms with E-state index in [0.29, 0.717) is 12.6 Å². The molecule has 6 nitrogen and oxygen atoms in total. The highest BCUT2D eigenvalue weighted by atomic mass is 16.5. The molecule has 4 N–H and O–H groups in total. The molecule has 1 fully saturated rings. The number of hydrogen-bond donors (Lipinski definition) is 3. The van der Waals surface area contributed by atoms with Gasteiger partial charge in [-0.1, -0.05) is 0 Å². The van der Waals surface area contributed by atoms with Gasteiger partial charge >= 0.3 is 0 Å². The predicted octanol–water partition coefficient (Wildman–Crippen LogP) is 0.909. The average Bonchev–Trinajstić information content (AvgIpc) is 3.12. The van der Waals surface area contributed by atoms with Crippen LogP contribution in [0.25, 0.3) is 0 Å². The second-order valence-corrected chi connectivity index (χ2v) is 4.31. The van der Waals surface area contributed by atoms with E-state index in [1.165, 1.54) is 12.8 Å². The van der Waals surface area contributed by atoms with Gasteiger partial charge in [0.2, 0.25) is 5.95 Å². The lowest BCUT2D eigenvalue weighted by atomic mass is 10.4. The van der Waals surface area contributed by atoms with E-state index < -0.39 is 0 Å². The number of nitrogens with zero attached hydrogens (tertiary/aromatic N) is 2. The molecule has 1 aliphatic rings. The summed E-state index contributed by atoms with van der Waals surface area (Å²) in [6.45, 7) is 4.23. The third-order valence-electron chi connectivity index (χ3n) is 2.59. The number of nitrogens with one attached hydrogen (secondary N) is 2. The summed E-state index contributed by atoms with van der Waals surface area (Å²) in [5.41, 5.74) is 3.31. The number of nitrogens with two attached hydrogens (primary N) is 1. The quantitative estimate of drug-likeness (QED) is 0.371. The van der Waals surface area contributed by atoms with Gasteiger partial charge in [-0.15, -0.1) is 0 Å². The second-order valence-electron chi connectivity index (χ2n) is 4.31. The number of nitrogen functional groups attached to an aromatic ring is 1. The van der Waals surface area contributed by atoms with Gasteiger partial charge in [-0.25, -0.2) is 10.8 Å². The van der Waals surface area contributed by atoms with Crippen LogP contribution in [0.2, 0.25) is 0 Å². The zero-order valence-corrected chi connectivity index (χ0v) is 10.1. The Hall–Kier alpha value is -1.40. The van der Waals surface area contributed by atoms with E-state index in [-0.39, 0.29) is 0 Å². The maximum atomic E-state index is 5.52. The lowest BCUT2D eigenvalue weighted by Gasteiger charge is -2.08. The molecule has 1 heterocycles. The van der Waals surface area contributed by atoms with Gasteiger partial charge in [-0.05, 0) is 25.7 Å². The van der Waals surface area contributed by atoms with E-state index in [9.17, 15) is 0 Å². The van der Waals surface area contributed by atoms with Gasteiger partial charge in [0.05, 0.1) is 6.61 Å². The fourth-order valence-electron chi connectivity index (χ4n) is 1.51. The first kappa shape index (κ1) is 12.1. The predicted molar refractivity (Wildman–Crippen MR) is 66.6 cm³/mol. The highest BCUT2D eigenvalue weighted by Gasteiger charge is 2.20. The summed E-state index contributed by atoms with van der Waals surface area (Å²) in [6, 6.07) is 1.88. The van der Waals surface area contributed by atoms with E-state index in [1.807, 2.05) is 13.0 Å². The van der Waals surface area contributed by atoms with Crippen molar-refractivity contribution in [2.45, 2.75) is 19.8 Å². The molecule has 0 bridgehead atoms. The molecule has 17 heavy (non-hydrogen) atoms. The van der Waals surface area contributed by atoms with Gasteiger partial charge in [0, 0.05) is 24.9 Å². The fourth-order valence-corrected chi connectivity index (χ4v) is 1.51. The van der Waals surface area contributed by atoms with E-state index in [0.717, 1.165) is 30.6 Å². The fraction of sp³-hybridized carbons (Fsp3) is 0.636. The Kier molecular flexibility index (Phi) is 4.11. The second kappa shape index (κ2) is 5.79. The van der Waals surface area contributed by atoms with Crippen molar-refractivity contribution < 1.29 is 4.74 Å². The Morgan fingerprint density at radius 3 is 3.00 bits per heavy atom. The van der Waals surface area contributed by atoms with Crippen molar-refractivity contribution >= 4 is 11.8 Å². The van der Waals surface area contributed by atoms with Crippen LogP contribution in [0.4, 0.5) is 11.8 Å². The molecule has 1 saturated carbocycles. The van der Waals surface area contributed by atoms with Gasteiger partial charge in [0.15, 0.2) is 0 Å². The van der Waals surface area contributed by atoms with Gasteiger partial charge < -0.3 is 10.1 Å². The van der Waals surface area contributed by atoms with Gasteiger partial charge in [-0.2, -0.15) is 4.98 Å². The standard InChI is InChI=1S/C11H19N5O/c1-8-6-10(15-11(14-8)16-12)13-4-5-17-7-9-2-3-9/h6,9H,2-5,7,12H2,1H3,(H2,13,14,15,16). The summed E-state index contributed by atoms with van der Waals surface area (Å²) in [4.78, 5) is 8.29. The average molecular weight is 237 g/mol. The van der Waals surface area contributed by atoms with Crippen LogP contribution in [0.3, 0.4) is 0 Å². The van der Waals surface area contributed by atoms with Crippen molar-refractivity contribution in [3.8, 4) is 0 Å². The van der Waals surface area contributed by atoms with Crippen molar-refractivity contribution in [3.05, 3.63) is 11.8 Å². The number of hydrogen-bond acceptors (Lipinski definition) is 6. The molecule has 1 aliphatic carbocycles. The Morgan fingerprint density at radius 1 is 1.47 bits per heavy atom. The summed E-state index contributed by atoms with van der Waals surface area (Å²) >= 11 is 0. The molecule has 0 amide bonds. The number of ether oxygens (including phenoxy) is 1. The molecular weight excluding hydrogens is 218 g/mol. The minimum absolute atomic E-state index is 0.423. The number of aryl methyl sites for hydroxylation is 1. The molecule has 2 rings (SSSR count). The minimum atomic E-state index is 0.423. The maximum Gasteiger partial charge on any atom is 0.239 e. The van der Waals surface area contributed by atoms with Crippen LogP contribution in [0.5, 0.6) is 0 Å². The van der Waals surface area contributed by atoms with E-state index >= 15 is 0 Å². The van der Waals surface area contributed by atoms with Crippen molar-refractivity contribution in [2.24, 2.45) is 11.8 Å². The first-order valence-electron chi connectivity index (χ1n) is 5.92. The highest BCUT2D eigenvalue weighted by Crippen LogP contribution is 2.28. The number of rotatable bonds is 7. The molecule has 0 atom stereocenters. The Balaban J connectivity index is 1.71. The van der Waals surface area contributed by atoms with Crippen molar-refractivity contribution in [3.63, 3.8) is 0 Å². The third kappa shape index (κ3) is 4.16.